The predicted octanol–water partition coefficient (Wildman–Crippen LogP) is 5.65. The summed E-state index contributed by atoms with van der Waals surface area (Å²) >= 11 is 7.54. The topological polar surface area (TPSA) is 64.1 Å². The van der Waals surface area contributed by atoms with E-state index in [1.54, 1.807) is 18.3 Å². The maximum absolute atomic E-state index is 12.4. The smallest absolute Gasteiger partial charge is 0.262 e. The van der Waals surface area contributed by atoms with Gasteiger partial charge >= 0.3 is 0 Å². The lowest BCUT2D eigenvalue weighted by Gasteiger charge is -2.11. The summed E-state index contributed by atoms with van der Waals surface area (Å²) in [5, 5.41) is 4.45. The van der Waals surface area contributed by atoms with Crippen molar-refractivity contribution in [1.29, 1.82) is 0 Å². The van der Waals surface area contributed by atoms with Gasteiger partial charge in [0.1, 0.15) is 21.1 Å². The number of amides is 1. The van der Waals surface area contributed by atoms with Gasteiger partial charge in [-0.3, -0.25) is 4.79 Å². The van der Waals surface area contributed by atoms with E-state index in [0.29, 0.717) is 10.8 Å². The number of nitrogens with zero attached hydrogens (tertiary/aromatic N) is 2. The molecule has 2 heterocycles. The normalized spacial score (nSPS) is 10.9. The largest absolute Gasteiger partial charge is 0.484 e. The molecule has 0 saturated heterocycles. The number of benzene rings is 2. The Morgan fingerprint density at radius 3 is 2.79 bits per heavy atom. The first-order valence-corrected chi connectivity index (χ1v) is 10.2. The van der Waals surface area contributed by atoms with Crippen LogP contribution in [0.2, 0.25) is 5.02 Å². The van der Waals surface area contributed by atoms with Crippen molar-refractivity contribution >= 4 is 44.9 Å². The van der Waals surface area contributed by atoms with E-state index in [2.05, 4.69) is 15.3 Å². The molecule has 0 unspecified atom stereocenters. The van der Waals surface area contributed by atoms with Gasteiger partial charge in [-0.15, -0.1) is 0 Å². The van der Waals surface area contributed by atoms with Crippen LogP contribution in [0.25, 0.3) is 20.9 Å². The molecule has 1 amide bonds. The van der Waals surface area contributed by atoms with Crippen LogP contribution in [0.3, 0.4) is 0 Å². The van der Waals surface area contributed by atoms with Crippen molar-refractivity contribution in [3.63, 3.8) is 0 Å². The quantitative estimate of drug-likeness (QED) is 0.450. The van der Waals surface area contributed by atoms with Gasteiger partial charge in [-0.1, -0.05) is 35.1 Å². The van der Waals surface area contributed by atoms with Gasteiger partial charge < -0.3 is 10.1 Å². The fourth-order valence-corrected chi connectivity index (χ4v) is 3.85. The standard InChI is InChI=1S/C22H18ClN3O2S/c1-13-5-6-15(21-26-18-4-3-9-24-22(18)29-21)11-19(13)25-20(27)12-28-16-7-8-17(23)14(2)10-16/h3-11H,12H2,1-2H3,(H,25,27). The molecule has 0 bridgehead atoms. The summed E-state index contributed by atoms with van der Waals surface area (Å²) in [6.07, 6.45) is 1.76. The van der Waals surface area contributed by atoms with E-state index < -0.39 is 0 Å². The summed E-state index contributed by atoms with van der Waals surface area (Å²) in [4.78, 5) is 22.3. The van der Waals surface area contributed by atoms with Crippen LogP contribution in [0.5, 0.6) is 5.75 Å². The number of hydrogen-bond acceptors (Lipinski definition) is 5. The van der Waals surface area contributed by atoms with Crippen LogP contribution < -0.4 is 10.1 Å². The van der Waals surface area contributed by atoms with Gasteiger partial charge in [-0.05, 0) is 61.4 Å². The van der Waals surface area contributed by atoms with E-state index in [-0.39, 0.29) is 12.5 Å². The number of aromatic nitrogens is 2. The maximum atomic E-state index is 12.4. The van der Waals surface area contributed by atoms with Gasteiger partial charge in [0.05, 0.1) is 0 Å². The van der Waals surface area contributed by atoms with E-state index in [1.807, 2.05) is 50.2 Å². The molecule has 0 aliphatic carbocycles. The number of anilines is 1. The molecular formula is C22H18ClN3O2S. The second kappa shape index (κ2) is 8.19. The molecule has 0 aliphatic rings. The van der Waals surface area contributed by atoms with Crippen molar-refractivity contribution in [2.24, 2.45) is 0 Å². The van der Waals surface area contributed by atoms with E-state index >= 15 is 0 Å². The van der Waals surface area contributed by atoms with Crippen molar-refractivity contribution in [2.45, 2.75) is 13.8 Å². The average Bonchev–Trinajstić information content (AvgIpc) is 3.15. The van der Waals surface area contributed by atoms with Gasteiger partial charge in [0.25, 0.3) is 5.91 Å². The Bertz CT molecular complexity index is 1170. The maximum Gasteiger partial charge on any atom is 0.262 e. The van der Waals surface area contributed by atoms with E-state index in [9.17, 15) is 4.79 Å². The Morgan fingerprint density at radius 1 is 1.14 bits per heavy atom. The number of halogens is 1. The minimum Gasteiger partial charge on any atom is -0.484 e. The van der Waals surface area contributed by atoms with Crippen LogP contribution in [-0.2, 0) is 4.79 Å². The van der Waals surface area contributed by atoms with Crippen LogP contribution in [0.4, 0.5) is 5.69 Å². The van der Waals surface area contributed by atoms with Gasteiger partial charge in [-0.25, -0.2) is 9.97 Å². The Morgan fingerprint density at radius 2 is 2.00 bits per heavy atom. The number of pyridine rings is 1. The molecule has 4 rings (SSSR count). The van der Waals surface area contributed by atoms with Gasteiger partial charge in [0, 0.05) is 22.5 Å². The van der Waals surface area contributed by atoms with Gasteiger partial charge in [-0.2, -0.15) is 0 Å². The number of ether oxygens (including phenoxy) is 1. The number of carbonyl (C=O) groups is 1. The van der Waals surface area contributed by atoms with Crippen LogP contribution in [-0.4, -0.2) is 22.5 Å². The zero-order chi connectivity index (χ0) is 20.4. The molecule has 0 spiro atoms. The third kappa shape index (κ3) is 4.39. The molecule has 29 heavy (non-hydrogen) atoms. The molecule has 5 nitrogen and oxygen atoms in total. The minimum absolute atomic E-state index is 0.0875. The van der Waals surface area contributed by atoms with Gasteiger partial charge in [0.2, 0.25) is 0 Å². The molecule has 0 atom stereocenters. The van der Waals surface area contributed by atoms with Crippen molar-refractivity contribution in [3.8, 4) is 16.3 Å². The molecule has 2 aromatic heterocycles. The highest BCUT2D eigenvalue weighted by Crippen LogP contribution is 2.31. The Labute approximate surface area is 177 Å². The fourth-order valence-electron chi connectivity index (χ4n) is 2.83. The summed E-state index contributed by atoms with van der Waals surface area (Å²) in [5.41, 5.74) is 4.39. The molecule has 7 heteroatoms. The van der Waals surface area contributed by atoms with Crippen molar-refractivity contribution in [2.75, 3.05) is 11.9 Å². The highest BCUT2D eigenvalue weighted by molar-refractivity contribution is 7.21. The summed E-state index contributed by atoms with van der Waals surface area (Å²) < 4.78 is 5.58. The SMILES string of the molecule is Cc1cc(OCC(=O)Nc2cc(-c3nc4cccnc4s3)ccc2C)ccc1Cl. The zero-order valence-corrected chi connectivity index (χ0v) is 17.5. The third-order valence-electron chi connectivity index (χ3n) is 4.42. The molecule has 146 valence electrons. The third-order valence-corrected chi connectivity index (χ3v) is 5.88. The van der Waals surface area contributed by atoms with Crippen LogP contribution in [0.1, 0.15) is 11.1 Å². The fraction of sp³-hybridized carbons (Fsp3) is 0.136. The Balaban J connectivity index is 1.48. The first-order chi connectivity index (χ1) is 14.0. The van der Waals surface area contributed by atoms with Gasteiger partial charge in [0.15, 0.2) is 6.61 Å². The number of nitrogens with one attached hydrogen (secondary N) is 1. The summed E-state index contributed by atoms with van der Waals surface area (Å²) in [6.45, 7) is 3.75. The predicted molar refractivity (Wildman–Crippen MR) is 118 cm³/mol. The zero-order valence-electron chi connectivity index (χ0n) is 15.9. The monoisotopic (exact) mass is 423 g/mol. The lowest BCUT2D eigenvalue weighted by atomic mass is 10.1. The average molecular weight is 424 g/mol. The molecule has 2 aromatic carbocycles. The molecular weight excluding hydrogens is 406 g/mol. The number of aryl methyl sites for hydroxylation is 2. The lowest BCUT2D eigenvalue weighted by molar-refractivity contribution is -0.118. The number of fused-ring (bicyclic) bond motifs is 1. The minimum atomic E-state index is -0.233. The van der Waals surface area contributed by atoms with Crippen LogP contribution >= 0.6 is 22.9 Å². The highest BCUT2D eigenvalue weighted by Gasteiger charge is 2.11. The molecule has 4 aromatic rings. The summed E-state index contributed by atoms with van der Waals surface area (Å²) in [7, 11) is 0. The summed E-state index contributed by atoms with van der Waals surface area (Å²) in [5.74, 6) is 0.373. The number of rotatable bonds is 5. The molecule has 0 radical (unpaired) electrons. The number of hydrogen-bond donors (Lipinski definition) is 1. The molecule has 1 N–H and O–H groups in total. The van der Waals surface area contributed by atoms with E-state index in [1.165, 1.54) is 11.3 Å². The summed E-state index contributed by atoms with van der Waals surface area (Å²) in [6, 6.07) is 15.0. The van der Waals surface area contributed by atoms with E-state index in [0.717, 1.165) is 37.7 Å². The van der Waals surface area contributed by atoms with Crippen molar-refractivity contribution in [1.82, 2.24) is 9.97 Å². The van der Waals surface area contributed by atoms with Crippen molar-refractivity contribution in [3.05, 3.63) is 70.9 Å². The van der Waals surface area contributed by atoms with Crippen LogP contribution in [0.15, 0.2) is 54.7 Å². The molecule has 0 saturated carbocycles. The first-order valence-electron chi connectivity index (χ1n) is 9.01. The van der Waals surface area contributed by atoms with Crippen molar-refractivity contribution < 1.29 is 9.53 Å². The number of carbonyl (C=O) groups excluding carboxylic acids is 1. The molecule has 0 aliphatic heterocycles. The second-order valence-electron chi connectivity index (χ2n) is 6.62. The lowest BCUT2D eigenvalue weighted by Crippen LogP contribution is -2.20. The number of thiazole rings is 1. The first kappa shape index (κ1) is 19.4. The van der Waals surface area contributed by atoms with Crippen LogP contribution in [0, 0.1) is 13.8 Å². The highest BCUT2D eigenvalue weighted by atomic mass is 35.5. The second-order valence-corrected chi connectivity index (χ2v) is 8.01. The molecule has 0 fully saturated rings. The van der Waals surface area contributed by atoms with E-state index in [4.69, 9.17) is 16.3 Å². The Kier molecular flexibility index (Phi) is 5.47. The Hall–Kier alpha value is -2.96.